The summed E-state index contributed by atoms with van der Waals surface area (Å²) in [6.45, 7) is 14.3. The molecule has 0 aromatic heterocycles. The Kier molecular flexibility index (Phi) is 10.6. The molecule has 62 heavy (non-hydrogen) atoms. The summed E-state index contributed by atoms with van der Waals surface area (Å²) in [4.78, 5) is 0. The molecule has 0 saturated carbocycles. The average Bonchev–Trinajstić information content (AvgIpc) is 3.94. The summed E-state index contributed by atoms with van der Waals surface area (Å²) >= 11 is 10.8. The van der Waals surface area contributed by atoms with Gasteiger partial charge in [0.05, 0.1) is 0 Å². The number of halogens is 2. The molecule has 0 radical (unpaired) electrons. The molecule has 2 aliphatic carbocycles. The van der Waals surface area contributed by atoms with Crippen LogP contribution in [-0.4, -0.2) is 3.21 Å². The fourth-order valence-electron chi connectivity index (χ4n) is 10.1. The van der Waals surface area contributed by atoms with Crippen LogP contribution >= 0.6 is 23.2 Å². The van der Waals surface area contributed by atoms with Crippen molar-refractivity contribution in [2.24, 2.45) is 0 Å². The topological polar surface area (TPSA) is 0 Å². The van der Waals surface area contributed by atoms with E-state index in [1.54, 1.807) is 6.55 Å². The molecular formula is C59H50Cl2Zr. The summed E-state index contributed by atoms with van der Waals surface area (Å²) < 4.78 is 4.62. The summed E-state index contributed by atoms with van der Waals surface area (Å²) in [6, 6.07) is 56.4. The molecule has 0 saturated heterocycles. The standard InChI is InChI=1S/C33H33.C21H12Cl2.C5H5.Zr/c1-32(2,3)30-20-26-24(18-28(30)22-13-9-7-10-14-22)17-25-19-29(23-15-11-8-12-16-23)31(21-27(25)26)33(4,5)6;22-20-11-9-14(16-5-1-3-7-18(16)20)13-15-10-12-21(23)19-8-4-2-6-17(15)19;1-2-4-5-3-1;/h7-16,18,20-21H,17H2,1-6H3;1-12H;1-3H,4H2;. The fraction of sp³-hybridized carbons (Fsp3) is 0.169. The second-order valence-electron chi connectivity index (χ2n) is 19.0. The Balaban J connectivity index is 1.43. The van der Waals surface area contributed by atoms with Gasteiger partial charge in [0.25, 0.3) is 0 Å². The molecule has 2 aliphatic rings. The first-order valence-electron chi connectivity index (χ1n) is 21.8. The number of hydrogen-bond donors (Lipinski definition) is 0. The van der Waals surface area contributed by atoms with Gasteiger partial charge in [0, 0.05) is 0 Å². The number of benzene rings is 8. The van der Waals surface area contributed by atoms with Crippen LogP contribution in [0.15, 0.2) is 173 Å². The van der Waals surface area contributed by atoms with E-state index in [2.05, 4.69) is 211 Å². The predicted molar refractivity (Wildman–Crippen MR) is 266 cm³/mol. The van der Waals surface area contributed by atoms with Crippen molar-refractivity contribution in [3.63, 3.8) is 0 Å². The number of hydrogen-bond acceptors (Lipinski definition) is 0. The number of fused-ring (bicyclic) bond motifs is 5. The SMILES string of the molecule is CC(C)(C)c1cc2c(cc1-c1ccccc1)Cc1c-2cc(C(C)(C)C)c(-c2ccccc2)[c]1[Zr]([C]1=CC=CC1)=[C](c1ccc(Cl)c2ccccc12)c1ccc(Cl)c2ccccc12. The van der Waals surface area contributed by atoms with Gasteiger partial charge in [0.2, 0.25) is 0 Å². The quantitative estimate of drug-likeness (QED) is 0.156. The predicted octanol–water partition coefficient (Wildman–Crippen LogP) is 16.2. The Bertz CT molecular complexity index is 3100. The number of rotatable bonds is 6. The Morgan fingerprint density at radius 2 is 1.03 bits per heavy atom. The molecule has 0 N–H and O–H groups in total. The maximum absolute atomic E-state index is 7.09. The van der Waals surface area contributed by atoms with Crippen LogP contribution < -0.4 is 3.27 Å². The van der Waals surface area contributed by atoms with Gasteiger partial charge in [-0.3, -0.25) is 0 Å². The van der Waals surface area contributed by atoms with Crippen LogP contribution in [0.5, 0.6) is 0 Å². The Morgan fingerprint density at radius 1 is 0.516 bits per heavy atom. The van der Waals surface area contributed by atoms with Crippen molar-refractivity contribution in [3.8, 4) is 33.4 Å². The zero-order valence-electron chi connectivity index (χ0n) is 36.3. The van der Waals surface area contributed by atoms with E-state index in [0.29, 0.717) is 0 Å². The molecule has 3 heteroatoms. The third-order valence-corrected chi connectivity index (χ3v) is 21.3. The van der Waals surface area contributed by atoms with E-state index in [1.807, 2.05) is 0 Å². The molecule has 0 heterocycles. The zero-order chi connectivity index (χ0) is 42.9. The van der Waals surface area contributed by atoms with Gasteiger partial charge in [-0.25, -0.2) is 0 Å². The zero-order valence-corrected chi connectivity index (χ0v) is 40.3. The van der Waals surface area contributed by atoms with E-state index in [1.165, 1.54) is 80.7 Å². The Labute approximate surface area is 384 Å². The summed E-state index contributed by atoms with van der Waals surface area (Å²) in [5, 5.41) is 6.09. The summed E-state index contributed by atoms with van der Waals surface area (Å²) in [5.74, 6) is 0. The normalized spacial score (nSPS) is 13.4. The van der Waals surface area contributed by atoms with Crippen LogP contribution in [0.25, 0.3) is 54.9 Å². The molecule has 0 aliphatic heterocycles. The van der Waals surface area contributed by atoms with Crippen molar-refractivity contribution in [2.75, 3.05) is 0 Å². The van der Waals surface area contributed by atoms with E-state index in [4.69, 9.17) is 23.2 Å². The molecule has 10 rings (SSSR count). The van der Waals surface area contributed by atoms with Crippen LogP contribution in [0.2, 0.25) is 10.0 Å². The third kappa shape index (κ3) is 7.16. The molecule has 0 bridgehead atoms. The summed E-state index contributed by atoms with van der Waals surface area (Å²) in [7, 11) is 0. The first kappa shape index (κ1) is 41.1. The first-order chi connectivity index (χ1) is 29.9. The minimum atomic E-state index is -3.39. The van der Waals surface area contributed by atoms with Gasteiger partial charge in [0.1, 0.15) is 0 Å². The monoisotopic (exact) mass is 918 g/mol. The van der Waals surface area contributed by atoms with Gasteiger partial charge >= 0.3 is 388 Å². The van der Waals surface area contributed by atoms with Crippen LogP contribution in [-0.2, 0) is 38.5 Å². The minimum absolute atomic E-state index is 0.0594. The molecule has 0 unspecified atom stereocenters. The summed E-state index contributed by atoms with van der Waals surface area (Å²) in [5.41, 5.74) is 16.1. The molecule has 0 spiro atoms. The third-order valence-electron chi connectivity index (χ3n) is 13.0. The molecule has 0 fully saturated rings. The molecule has 8 aromatic rings. The van der Waals surface area contributed by atoms with E-state index >= 15 is 0 Å². The second kappa shape index (κ2) is 16.0. The van der Waals surface area contributed by atoms with Crippen LogP contribution in [0.3, 0.4) is 0 Å². The van der Waals surface area contributed by atoms with Crippen molar-refractivity contribution < 1.29 is 21.3 Å². The van der Waals surface area contributed by atoms with Gasteiger partial charge in [-0.2, -0.15) is 0 Å². The van der Waals surface area contributed by atoms with Gasteiger partial charge < -0.3 is 0 Å². The van der Waals surface area contributed by atoms with Gasteiger partial charge in [0.15, 0.2) is 0 Å². The molecule has 304 valence electrons. The van der Waals surface area contributed by atoms with Gasteiger partial charge in [-0.15, -0.1) is 0 Å². The van der Waals surface area contributed by atoms with Gasteiger partial charge in [-0.1, -0.05) is 0 Å². The number of allylic oxidation sites excluding steroid dienone is 4. The van der Waals surface area contributed by atoms with E-state index in [0.717, 1.165) is 33.7 Å². The van der Waals surface area contributed by atoms with Crippen molar-refractivity contribution in [1.29, 1.82) is 0 Å². The van der Waals surface area contributed by atoms with Crippen molar-refractivity contribution in [1.82, 2.24) is 0 Å². The van der Waals surface area contributed by atoms with Crippen molar-refractivity contribution in [3.05, 3.63) is 217 Å². The van der Waals surface area contributed by atoms with E-state index in [-0.39, 0.29) is 10.8 Å². The molecule has 0 amide bonds. The molecule has 0 nitrogen and oxygen atoms in total. The van der Waals surface area contributed by atoms with Crippen LogP contribution in [0.1, 0.15) is 81.3 Å². The molecule has 8 aromatic carbocycles. The van der Waals surface area contributed by atoms with Crippen molar-refractivity contribution in [2.45, 2.75) is 65.2 Å². The second-order valence-corrected chi connectivity index (χ2v) is 25.7. The van der Waals surface area contributed by atoms with Crippen LogP contribution in [0.4, 0.5) is 0 Å². The van der Waals surface area contributed by atoms with E-state index in [9.17, 15) is 0 Å². The van der Waals surface area contributed by atoms with Gasteiger partial charge in [-0.05, 0) is 0 Å². The Morgan fingerprint density at radius 3 is 1.56 bits per heavy atom. The van der Waals surface area contributed by atoms with Crippen LogP contribution in [0, 0.1) is 0 Å². The average molecular weight is 921 g/mol. The Hall–Kier alpha value is -4.91. The first-order valence-corrected chi connectivity index (χ1v) is 26.3. The molecular weight excluding hydrogens is 871 g/mol. The fourth-order valence-corrected chi connectivity index (χ4v) is 19.2. The van der Waals surface area contributed by atoms with E-state index < -0.39 is 21.3 Å². The maximum atomic E-state index is 7.09. The van der Waals surface area contributed by atoms with Crippen molar-refractivity contribution >= 4 is 51.2 Å². The molecule has 0 atom stereocenters. The summed E-state index contributed by atoms with van der Waals surface area (Å²) in [6.07, 6.45) is 8.98.